The van der Waals surface area contributed by atoms with Gasteiger partial charge in [-0.15, -0.1) is 5.10 Å². The van der Waals surface area contributed by atoms with Crippen LogP contribution >= 0.6 is 10.2 Å². The average Bonchev–Trinajstić information content (AvgIpc) is 3.51. The largest absolute Gasteiger partial charge is 0.445 e. The lowest BCUT2D eigenvalue weighted by atomic mass is 10.1. The van der Waals surface area contributed by atoms with Gasteiger partial charge < -0.3 is 9.73 Å². The van der Waals surface area contributed by atoms with Crippen LogP contribution in [0.25, 0.3) is 12.2 Å². The van der Waals surface area contributed by atoms with E-state index >= 15 is 0 Å². The van der Waals surface area contributed by atoms with Crippen molar-refractivity contribution in [2.24, 2.45) is 0 Å². The minimum Gasteiger partial charge on any atom is -0.445 e. The van der Waals surface area contributed by atoms with E-state index in [0.717, 1.165) is 43.6 Å². The number of rotatable bonds is 11. The van der Waals surface area contributed by atoms with E-state index in [4.69, 9.17) is 4.42 Å². The SMILES string of the molecule is FS(F)(F)(F)(F)c1ccc(/C=C/c2nc(CNc3ccc(CCCCn4ccnn4)cc3)co2)cc1. The highest BCUT2D eigenvalue weighted by atomic mass is 32.5. The van der Waals surface area contributed by atoms with Crippen molar-refractivity contribution in [2.45, 2.75) is 37.2 Å². The van der Waals surface area contributed by atoms with Gasteiger partial charge in [0.25, 0.3) is 0 Å². The average molecular weight is 526 g/mol. The highest BCUT2D eigenvalue weighted by Gasteiger charge is 2.65. The quantitative estimate of drug-likeness (QED) is 0.160. The number of nitrogens with one attached hydrogen (secondary N) is 1. The Labute approximate surface area is 204 Å². The molecular formula is C24H24F5N5OS. The first-order valence-corrected chi connectivity index (χ1v) is 13.0. The maximum Gasteiger partial charge on any atom is 0.310 e. The normalized spacial score (nSPS) is 14.0. The molecule has 4 aromatic rings. The van der Waals surface area contributed by atoms with Crippen LogP contribution in [0.5, 0.6) is 0 Å². The van der Waals surface area contributed by atoms with Gasteiger partial charge in [0, 0.05) is 24.5 Å². The number of hydrogen-bond acceptors (Lipinski definition) is 5. The third-order valence-electron chi connectivity index (χ3n) is 5.32. The number of benzene rings is 2. The molecule has 4 rings (SSSR count). The molecule has 0 bridgehead atoms. The van der Waals surface area contributed by atoms with Crippen LogP contribution in [0.3, 0.4) is 0 Å². The molecule has 0 fully saturated rings. The Bertz CT molecular complexity index is 1300. The summed E-state index contributed by atoms with van der Waals surface area (Å²) in [5.74, 6) is 0.241. The molecule has 0 atom stereocenters. The molecule has 0 radical (unpaired) electrons. The molecule has 0 unspecified atom stereocenters. The zero-order valence-corrected chi connectivity index (χ0v) is 19.9. The minimum absolute atomic E-state index is 0.241. The fourth-order valence-electron chi connectivity index (χ4n) is 3.42. The van der Waals surface area contributed by atoms with Gasteiger partial charge in [-0.25, -0.2) is 4.98 Å². The van der Waals surface area contributed by atoms with Gasteiger partial charge in [0.05, 0.1) is 18.4 Å². The Balaban J connectivity index is 1.23. The Morgan fingerprint density at radius 2 is 1.67 bits per heavy atom. The van der Waals surface area contributed by atoms with E-state index < -0.39 is 15.1 Å². The van der Waals surface area contributed by atoms with E-state index in [-0.39, 0.29) is 5.89 Å². The van der Waals surface area contributed by atoms with E-state index in [1.165, 1.54) is 24.0 Å². The lowest BCUT2D eigenvalue weighted by Gasteiger charge is -2.40. The zero-order chi connectivity index (χ0) is 25.7. The zero-order valence-electron chi connectivity index (χ0n) is 19.0. The molecule has 0 spiro atoms. The minimum atomic E-state index is -9.67. The molecule has 2 heterocycles. The number of unbranched alkanes of at least 4 members (excludes halogenated alkanes) is 1. The number of halogens is 5. The van der Waals surface area contributed by atoms with Crippen LogP contribution < -0.4 is 5.32 Å². The summed E-state index contributed by atoms with van der Waals surface area (Å²) in [4.78, 5) is 2.36. The van der Waals surface area contributed by atoms with Gasteiger partial charge in [-0.05, 0) is 60.7 Å². The first-order chi connectivity index (χ1) is 16.9. The summed E-state index contributed by atoms with van der Waals surface area (Å²) in [6.45, 7) is 1.26. The van der Waals surface area contributed by atoms with Crippen LogP contribution in [0.2, 0.25) is 0 Å². The van der Waals surface area contributed by atoms with E-state index in [9.17, 15) is 19.4 Å². The highest BCUT2D eigenvalue weighted by molar-refractivity contribution is 8.45. The summed E-state index contributed by atoms with van der Waals surface area (Å²) in [5.41, 5.74) is 3.09. The fourth-order valence-corrected chi connectivity index (χ4v) is 4.07. The van der Waals surface area contributed by atoms with Gasteiger partial charge in [-0.2, -0.15) is 0 Å². The lowest BCUT2D eigenvalue weighted by Crippen LogP contribution is -2.05. The van der Waals surface area contributed by atoms with Crippen LogP contribution in [0.15, 0.2) is 76.5 Å². The van der Waals surface area contributed by atoms with Gasteiger partial charge in [0.2, 0.25) is 5.89 Å². The number of hydrogen-bond donors (Lipinski definition) is 1. The molecule has 0 aliphatic rings. The number of anilines is 1. The van der Waals surface area contributed by atoms with Gasteiger partial charge >= 0.3 is 10.2 Å². The Morgan fingerprint density at radius 1 is 0.917 bits per heavy atom. The van der Waals surface area contributed by atoms with Gasteiger partial charge in [-0.1, -0.05) is 48.9 Å². The third-order valence-corrected chi connectivity index (χ3v) is 6.48. The molecule has 0 aliphatic carbocycles. The molecule has 192 valence electrons. The summed E-state index contributed by atoms with van der Waals surface area (Å²) in [7, 11) is -9.67. The smallest absolute Gasteiger partial charge is 0.310 e. The van der Waals surface area contributed by atoms with Crippen molar-refractivity contribution >= 4 is 28.1 Å². The van der Waals surface area contributed by atoms with E-state index in [0.29, 0.717) is 29.9 Å². The highest BCUT2D eigenvalue weighted by Crippen LogP contribution is 3.02. The van der Waals surface area contributed by atoms with E-state index in [1.54, 1.807) is 6.20 Å². The third kappa shape index (κ3) is 7.41. The Hall–Kier alpha value is -3.67. The molecule has 0 amide bonds. The topological polar surface area (TPSA) is 68.8 Å². The summed E-state index contributed by atoms with van der Waals surface area (Å²) < 4.78 is 71.2. The molecule has 0 saturated carbocycles. The first-order valence-electron chi connectivity index (χ1n) is 11.1. The monoisotopic (exact) mass is 525 g/mol. The molecule has 2 aromatic heterocycles. The van der Waals surface area contributed by atoms with Crippen LogP contribution in [0.4, 0.5) is 25.1 Å². The predicted molar refractivity (Wildman–Crippen MR) is 130 cm³/mol. The summed E-state index contributed by atoms with van der Waals surface area (Å²) in [6.07, 6.45) is 10.9. The number of aromatic nitrogens is 4. The maximum absolute atomic E-state index is 12.8. The van der Waals surface area contributed by atoms with Gasteiger partial charge in [-0.3, -0.25) is 4.68 Å². The summed E-state index contributed by atoms with van der Waals surface area (Å²) >= 11 is 0. The number of aryl methyl sites for hydroxylation is 2. The van der Waals surface area contributed by atoms with Crippen LogP contribution in [-0.2, 0) is 19.5 Å². The Morgan fingerprint density at radius 3 is 2.33 bits per heavy atom. The fraction of sp³-hybridized carbons (Fsp3) is 0.208. The standard InChI is InChI=1S/C24H24F5N5OS/c25-36(26,27,28,29)23-11-6-20(7-12-23)8-13-24-32-22(18-35-24)17-30-21-9-4-19(5-10-21)3-1-2-15-34-16-14-31-33-34/h4-14,16,18,30H,1-3,15,17H2/b13-8+. The van der Waals surface area contributed by atoms with E-state index in [2.05, 4.69) is 32.7 Å². The second kappa shape index (κ2) is 9.41. The predicted octanol–water partition coefficient (Wildman–Crippen LogP) is 7.73. The summed E-state index contributed by atoms with van der Waals surface area (Å²) in [5, 5.41) is 11.0. The second-order valence-electron chi connectivity index (χ2n) is 8.22. The van der Waals surface area contributed by atoms with E-state index in [1.807, 2.05) is 23.0 Å². The second-order valence-corrected chi connectivity index (χ2v) is 10.6. The number of nitrogens with zero attached hydrogens (tertiary/aromatic N) is 4. The maximum atomic E-state index is 12.8. The van der Waals surface area contributed by atoms with Crippen molar-refractivity contribution in [3.8, 4) is 0 Å². The first kappa shape index (κ1) is 25.4. The van der Waals surface area contributed by atoms with Crippen LogP contribution in [0.1, 0.15) is 35.6 Å². The van der Waals surface area contributed by atoms with Crippen molar-refractivity contribution in [1.82, 2.24) is 20.0 Å². The Kier molecular flexibility index (Phi) is 6.65. The van der Waals surface area contributed by atoms with Crippen LogP contribution in [-0.4, -0.2) is 20.0 Å². The van der Waals surface area contributed by atoms with Crippen molar-refractivity contribution in [1.29, 1.82) is 0 Å². The molecular weight excluding hydrogens is 501 g/mol. The molecule has 12 heteroatoms. The molecule has 2 aromatic carbocycles. The molecule has 36 heavy (non-hydrogen) atoms. The lowest BCUT2D eigenvalue weighted by molar-refractivity contribution is 0.364. The van der Waals surface area contributed by atoms with Crippen molar-refractivity contribution in [3.63, 3.8) is 0 Å². The van der Waals surface area contributed by atoms with Crippen molar-refractivity contribution in [2.75, 3.05) is 5.32 Å². The number of oxazole rings is 1. The van der Waals surface area contributed by atoms with Crippen LogP contribution in [0, 0.1) is 0 Å². The molecule has 0 aliphatic heterocycles. The molecule has 0 saturated heterocycles. The van der Waals surface area contributed by atoms with Crippen molar-refractivity contribution in [3.05, 3.63) is 89.9 Å². The molecule has 1 N–H and O–H groups in total. The molecule has 6 nitrogen and oxygen atoms in total. The summed E-state index contributed by atoms with van der Waals surface area (Å²) in [6, 6.07) is 10.8. The van der Waals surface area contributed by atoms with Gasteiger partial charge in [0.15, 0.2) is 0 Å². The van der Waals surface area contributed by atoms with Gasteiger partial charge in [0.1, 0.15) is 11.2 Å². The van der Waals surface area contributed by atoms with Crippen molar-refractivity contribution < 1.29 is 23.8 Å².